The van der Waals surface area contributed by atoms with Crippen LogP contribution < -0.4 is 10.5 Å². The summed E-state index contributed by atoms with van der Waals surface area (Å²) in [6.07, 6.45) is 0. The average Bonchev–Trinajstić information content (AvgIpc) is 1.95. The average molecular weight is 235 g/mol. The Labute approximate surface area is 92.2 Å². The first-order valence-electron chi connectivity index (χ1n) is 5.24. The van der Waals surface area contributed by atoms with Crippen molar-refractivity contribution in [3.63, 3.8) is 0 Å². The predicted molar refractivity (Wildman–Crippen MR) is 60.5 cm³/mol. The summed E-state index contributed by atoms with van der Waals surface area (Å²) in [4.78, 5) is 0. The molecule has 1 aliphatic heterocycles. The first kappa shape index (κ1) is 12.9. The van der Waals surface area contributed by atoms with Crippen LogP contribution >= 0.6 is 0 Å². The molecule has 90 valence electrons. The number of rotatable bonds is 4. The molecule has 1 rings (SSSR count). The van der Waals surface area contributed by atoms with Crippen LogP contribution in [0.1, 0.15) is 27.7 Å². The van der Waals surface area contributed by atoms with Crippen molar-refractivity contribution in [2.45, 2.75) is 39.3 Å². The molecule has 0 aromatic heterocycles. The van der Waals surface area contributed by atoms with Gasteiger partial charge in [-0.05, 0) is 19.8 Å². The Balaban J connectivity index is 2.59. The smallest absolute Gasteiger partial charge is 0.279 e. The quantitative estimate of drug-likeness (QED) is 0.714. The minimum atomic E-state index is -3.32. The van der Waals surface area contributed by atoms with E-state index in [1.165, 1.54) is 4.31 Å². The van der Waals surface area contributed by atoms with Crippen molar-refractivity contribution in [1.82, 2.24) is 9.03 Å². The molecule has 0 bridgehead atoms. The van der Waals surface area contributed by atoms with Gasteiger partial charge in [0.25, 0.3) is 10.2 Å². The zero-order valence-corrected chi connectivity index (χ0v) is 10.6. The molecule has 0 amide bonds. The molecule has 1 heterocycles. The molecule has 1 aliphatic rings. The van der Waals surface area contributed by atoms with Crippen LogP contribution in [0.5, 0.6) is 0 Å². The number of nitrogens with one attached hydrogen (secondary N) is 1. The van der Waals surface area contributed by atoms with E-state index in [9.17, 15) is 8.42 Å². The highest BCUT2D eigenvalue weighted by Gasteiger charge is 2.47. The second-order valence-corrected chi connectivity index (χ2v) is 6.64. The van der Waals surface area contributed by atoms with Gasteiger partial charge in [0.15, 0.2) is 0 Å². The molecule has 1 fully saturated rings. The van der Waals surface area contributed by atoms with E-state index in [-0.39, 0.29) is 11.6 Å². The van der Waals surface area contributed by atoms with E-state index in [0.29, 0.717) is 19.0 Å². The number of nitrogens with two attached hydrogens (primary N) is 1. The molecule has 6 heteroatoms. The van der Waals surface area contributed by atoms with Crippen molar-refractivity contribution >= 4 is 10.2 Å². The molecule has 0 aromatic carbocycles. The maximum absolute atomic E-state index is 11.7. The lowest BCUT2D eigenvalue weighted by Crippen LogP contribution is -2.72. The third-order valence-corrected chi connectivity index (χ3v) is 4.52. The lowest BCUT2D eigenvalue weighted by molar-refractivity contribution is 0.109. The minimum Gasteiger partial charge on any atom is -0.323 e. The van der Waals surface area contributed by atoms with Crippen LogP contribution in [-0.4, -0.2) is 37.4 Å². The maximum Gasteiger partial charge on any atom is 0.279 e. The Morgan fingerprint density at radius 1 is 1.27 bits per heavy atom. The van der Waals surface area contributed by atoms with Crippen molar-refractivity contribution in [3.05, 3.63) is 0 Å². The van der Waals surface area contributed by atoms with Gasteiger partial charge in [-0.15, -0.1) is 0 Å². The molecule has 0 spiro atoms. The van der Waals surface area contributed by atoms with Crippen LogP contribution in [0, 0.1) is 5.92 Å². The zero-order chi connectivity index (χ0) is 11.9. The maximum atomic E-state index is 11.7. The Kier molecular flexibility index (Phi) is 3.45. The van der Waals surface area contributed by atoms with E-state index in [1.807, 2.05) is 13.8 Å². The first-order valence-corrected chi connectivity index (χ1v) is 6.68. The normalized spacial score (nSPS) is 22.1. The van der Waals surface area contributed by atoms with Crippen LogP contribution in [0.2, 0.25) is 0 Å². The second-order valence-electron chi connectivity index (χ2n) is 4.93. The molecule has 0 aliphatic carbocycles. The Bertz CT molecular complexity index is 318. The molecule has 15 heavy (non-hydrogen) atoms. The molecule has 0 unspecified atom stereocenters. The molecule has 0 saturated carbocycles. The highest BCUT2D eigenvalue weighted by Crippen LogP contribution is 2.27. The van der Waals surface area contributed by atoms with E-state index < -0.39 is 10.2 Å². The fourth-order valence-electron chi connectivity index (χ4n) is 1.52. The van der Waals surface area contributed by atoms with Gasteiger partial charge < -0.3 is 5.73 Å². The van der Waals surface area contributed by atoms with Gasteiger partial charge in [0.05, 0.1) is 0 Å². The van der Waals surface area contributed by atoms with Gasteiger partial charge >= 0.3 is 0 Å². The van der Waals surface area contributed by atoms with Crippen LogP contribution in [-0.2, 0) is 10.2 Å². The second kappa shape index (κ2) is 4.01. The third kappa shape index (κ3) is 2.69. The topological polar surface area (TPSA) is 75.4 Å². The van der Waals surface area contributed by atoms with E-state index in [2.05, 4.69) is 4.72 Å². The molecule has 0 aromatic rings. The van der Waals surface area contributed by atoms with Gasteiger partial charge in [-0.25, -0.2) is 0 Å². The summed E-state index contributed by atoms with van der Waals surface area (Å²) in [5.41, 5.74) is 5.67. The van der Waals surface area contributed by atoms with Gasteiger partial charge in [-0.2, -0.15) is 17.4 Å². The summed E-state index contributed by atoms with van der Waals surface area (Å²) in [5.74, 6) is 0.294. The molecule has 0 radical (unpaired) electrons. The van der Waals surface area contributed by atoms with Crippen molar-refractivity contribution in [2.24, 2.45) is 11.7 Å². The fourth-order valence-corrected chi connectivity index (χ4v) is 3.08. The number of hydrogen-bond acceptors (Lipinski definition) is 3. The van der Waals surface area contributed by atoms with Crippen molar-refractivity contribution in [1.29, 1.82) is 0 Å². The number of nitrogens with zero attached hydrogens (tertiary/aromatic N) is 1. The highest BCUT2D eigenvalue weighted by molar-refractivity contribution is 7.87. The van der Waals surface area contributed by atoms with Crippen LogP contribution in [0.4, 0.5) is 0 Å². The zero-order valence-electron chi connectivity index (χ0n) is 9.82. The van der Waals surface area contributed by atoms with Crippen molar-refractivity contribution in [3.8, 4) is 0 Å². The molecular weight excluding hydrogens is 214 g/mol. The molecule has 1 saturated heterocycles. The molecule has 0 atom stereocenters. The van der Waals surface area contributed by atoms with E-state index in [4.69, 9.17) is 5.73 Å². The van der Waals surface area contributed by atoms with Gasteiger partial charge in [0, 0.05) is 24.7 Å². The standard InChI is InChI=1S/C9H21N3O2S/c1-7(2)9(10)5-12(6-9)15(13,14)11-8(3)4/h7-8,11H,5-6,10H2,1-4H3. The molecule has 3 N–H and O–H groups in total. The van der Waals surface area contributed by atoms with E-state index in [1.54, 1.807) is 13.8 Å². The summed E-state index contributed by atoms with van der Waals surface area (Å²) in [6, 6.07) is -0.0816. The van der Waals surface area contributed by atoms with E-state index >= 15 is 0 Å². The summed E-state index contributed by atoms with van der Waals surface area (Å²) >= 11 is 0. The highest BCUT2D eigenvalue weighted by atomic mass is 32.2. The number of hydrogen-bond donors (Lipinski definition) is 2. The molecular formula is C9H21N3O2S. The predicted octanol–water partition coefficient (Wildman–Crippen LogP) is -0.102. The summed E-state index contributed by atoms with van der Waals surface area (Å²) in [6.45, 7) is 8.45. The summed E-state index contributed by atoms with van der Waals surface area (Å²) in [5, 5.41) is 0. The van der Waals surface area contributed by atoms with Crippen LogP contribution in [0.25, 0.3) is 0 Å². The van der Waals surface area contributed by atoms with E-state index in [0.717, 1.165) is 0 Å². The van der Waals surface area contributed by atoms with Crippen LogP contribution in [0.15, 0.2) is 0 Å². The largest absolute Gasteiger partial charge is 0.323 e. The fraction of sp³-hybridized carbons (Fsp3) is 1.00. The van der Waals surface area contributed by atoms with Crippen molar-refractivity contribution < 1.29 is 8.42 Å². The first-order chi connectivity index (χ1) is 6.67. The lowest BCUT2D eigenvalue weighted by Gasteiger charge is -2.49. The molecule has 5 nitrogen and oxygen atoms in total. The van der Waals surface area contributed by atoms with Crippen LogP contribution in [0.3, 0.4) is 0 Å². The summed E-state index contributed by atoms with van der Waals surface area (Å²) < 4.78 is 27.3. The lowest BCUT2D eigenvalue weighted by atomic mass is 9.82. The SMILES string of the molecule is CC(C)NS(=O)(=O)N1CC(N)(C(C)C)C1. The van der Waals surface area contributed by atoms with Gasteiger partial charge in [0.2, 0.25) is 0 Å². The minimum absolute atomic E-state index is 0.0816. The van der Waals surface area contributed by atoms with Gasteiger partial charge in [-0.3, -0.25) is 0 Å². The Morgan fingerprint density at radius 3 is 2.07 bits per heavy atom. The monoisotopic (exact) mass is 235 g/mol. The van der Waals surface area contributed by atoms with Gasteiger partial charge in [0.1, 0.15) is 0 Å². The van der Waals surface area contributed by atoms with Gasteiger partial charge in [-0.1, -0.05) is 13.8 Å². The Hall–Kier alpha value is -0.170. The third-order valence-electron chi connectivity index (χ3n) is 2.82. The van der Waals surface area contributed by atoms with Crippen molar-refractivity contribution in [2.75, 3.05) is 13.1 Å². The summed E-state index contributed by atoms with van der Waals surface area (Å²) in [7, 11) is -3.32. The Morgan fingerprint density at radius 2 is 1.73 bits per heavy atom.